The van der Waals surface area contributed by atoms with Crippen molar-refractivity contribution in [3.05, 3.63) is 11.9 Å². The molecular weight excluding hydrogens is 236 g/mol. The van der Waals surface area contributed by atoms with Crippen molar-refractivity contribution in [1.29, 1.82) is 0 Å². The number of aliphatic hydroxyl groups is 2. The van der Waals surface area contributed by atoms with E-state index >= 15 is 0 Å². The molecule has 1 atom stereocenters. The molecule has 1 aromatic rings. The lowest BCUT2D eigenvalue weighted by molar-refractivity contribution is -0.180. The van der Waals surface area contributed by atoms with Gasteiger partial charge in [0.1, 0.15) is 0 Å². The van der Waals surface area contributed by atoms with Crippen molar-refractivity contribution in [3.63, 3.8) is 0 Å². The maximum absolute atomic E-state index is 9.46. The van der Waals surface area contributed by atoms with Crippen molar-refractivity contribution in [2.45, 2.75) is 56.7 Å². The summed E-state index contributed by atoms with van der Waals surface area (Å²) in [4.78, 5) is 7.48. The molecule has 0 radical (unpaired) electrons. The van der Waals surface area contributed by atoms with E-state index in [1.807, 2.05) is 0 Å². The largest absolute Gasteiger partial charge is 0.366 e. The molecule has 0 spiro atoms. The van der Waals surface area contributed by atoms with E-state index in [1.54, 1.807) is 24.9 Å². The average molecular weight is 260 g/mol. The Morgan fingerprint density at radius 1 is 1.41 bits per heavy atom. The van der Waals surface area contributed by atoms with Gasteiger partial charge in [-0.3, -0.25) is 0 Å². The van der Waals surface area contributed by atoms with Gasteiger partial charge < -0.3 is 15.2 Å². The van der Waals surface area contributed by atoms with Crippen LogP contribution in [-0.2, 0) is 6.42 Å². The number of rotatable bonds is 4. The van der Waals surface area contributed by atoms with Crippen LogP contribution in [0.3, 0.4) is 0 Å². The van der Waals surface area contributed by atoms with Gasteiger partial charge in [-0.2, -0.15) is 0 Å². The van der Waals surface area contributed by atoms with Gasteiger partial charge in [0.05, 0.1) is 0 Å². The van der Waals surface area contributed by atoms with E-state index in [0.717, 1.165) is 10.9 Å². The molecule has 1 heterocycles. The Labute approximate surface area is 108 Å². The van der Waals surface area contributed by atoms with E-state index in [4.69, 9.17) is 0 Å². The molecule has 3 N–H and O–H groups in total. The molecule has 0 aromatic carbocycles. The molecule has 1 aromatic heterocycles. The molecule has 0 fully saturated rings. The summed E-state index contributed by atoms with van der Waals surface area (Å²) in [5, 5.41) is 19.8. The molecular formula is C12H24N2O2S. The molecule has 100 valence electrons. The molecule has 0 saturated carbocycles. The SMILES string of the molecule is C[C@@H](Cc1cnc(SC(C)(C)C)[nH]1)C(C)(O)O.[HH]. The van der Waals surface area contributed by atoms with E-state index < -0.39 is 5.79 Å². The fraction of sp³-hybridized carbons (Fsp3) is 0.750. The zero-order valence-electron chi connectivity index (χ0n) is 11.1. The molecule has 0 aliphatic rings. The lowest BCUT2D eigenvalue weighted by atomic mass is 9.97. The summed E-state index contributed by atoms with van der Waals surface area (Å²) in [5.74, 6) is -1.89. The average Bonchev–Trinajstić information content (AvgIpc) is 2.47. The van der Waals surface area contributed by atoms with Gasteiger partial charge in [0, 0.05) is 24.0 Å². The molecule has 0 aliphatic carbocycles. The monoisotopic (exact) mass is 260 g/mol. The Hall–Kier alpha value is -0.520. The molecule has 0 unspecified atom stereocenters. The lowest BCUT2D eigenvalue weighted by Crippen LogP contribution is -2.33. The Morgan fingerprint density at radius 3 is 2.47 bits per heavy atom. The highest BCUT2D eigenvalue weighted by atomic mass is 32.2. The highest BCUT2D eigenvalue weighted by Crippen LogP contribution is 2.29. The van der Waals surface area contributed by atoms with Crippen molar-refractivity contribution >= 4 is 11.8 Å². The molecule has 5 heteroatoms. The highest BCUT2D eigenvalue weighted by Gasteiger charge is 2.25. The number of hydrogen-bond acceptors (Lipinski definition) is 4. The van der Waals surface area contributed by atoms with Gasteiger partial charge in [0.25, 0.3) is 0 Å². The zero-order valence-corrected chi connectivity index (χ0v) is 11.9. The summed E-state index contributed by atoms with van der Waals surface area (Å²) in [6.07, 6.45) is 2.33. The fourth-order valence-electron chi connectivity index (χ4n) is 1.31. The molecule has 0 aliphatic heterocycles. The normalized spacial score (nSPS) is 15.0. The van der Waals surface area contributed by atoms with Gasteiger partial charge in [-0.05, 0) is 13.3 Å². The van der Waals surface area contributed by atoms with Crippen LogP contribution in [0, 0.1) is 5.92 Å². The second kappa shape index (κ2) is 5.00. The van der Waals surface area contributed by atoms with E-state index in [1.165, 1.54) is 6.92 Å². The van der Waals surface area contributed by atoms with Crippen molar-refractivity contribution in [1.82, 2.24) is 9.97 Å². The molecule has 0 amide bonds. The minimum atomic E-state index is -1.65. The maximum atomic E-state index is 9.46. The second-order valence-electron chi connectivity index (χ2n) is 5.63. The van der Waals surface area contributed by atoms with Crippen LogP contribution in [-0.4, -0.2) is 30.7 Å². The summed E-state index contributed by atoms with van der Waals surface area (Å²) in [7, 11) is 0. The first-order valence-corrected chi connectivity index (χ1v) is 6.57. The van der Waals surface area contributed by atoms with Gasteiger partial charge >= 0.3 is 0 Å². The minimum absolute atomic E-state index is 0. The Balaban J connectivity index is 0.00000289. The van der Waals surface area contributed by atoms with Crippen LogP contribution >= 0.6 is 11.8 Å². The molecule has 17 heavy (non-hydrogen) atoms. The van der Waals surface area contributed by atoms with Gasteiger partial charge in [0.2, 0.25) is 0 Å². The molecule has 4 nitrogen and oxygen atoms in total. The number of hydrogen-bond donors (Lipinski definition) is 3. The fourth-order valence-corrected chi connectivity index (χ4v) is 2.17. The van der Waals surface area contributed by atoms with Crippen LogP contribution in [0.4, 0.5) is 0 Å². The molecule has 0 saturated heterocycles. The lowest BCUT2D eigenvalue weighted by Gasteiger charge is -2.23. The van der Waals surface area contributed by atoms with Crippen LogP contribution in [0.2, 0.25) is 0 Å². The van der Waals surface area contributed by atoms with E-state index in [9.17, 15) is 10.2 Å². The number of aromatic amines is 1. The Kier molecular flexibility index (Phi) is 4.28. The third-order valence-corrected chi connectivity index (χ3v) is 3.48. The number of aromatic nitrogens is 2. The first kappa shape index (κ1) is 14.5. The number of nitrogens with zero attached hydrogens (tertiary/aromatic N) is 1. The smallest absolute Gasteiger partial charge is 0.165 e. The number of thioether (sulfide) groups is 1. The van der Waals surface area contributed by atoms with Crippen LogP contribution < -0.4 is 0 Å². The first-order valence-electron chi connectivity index (χ1n) is 5.75. The standard InChI is InChI=1S/C12H22N2O2S.H2/c1-8(12(5,15)16)6-9-7-13-10(14-9)17-11(2,3)4;/h7-8,15-16H,6H2,1-5H3,(H,13,14);1H/t8-;/m0./s1. The Morgan fingerprint density at radius 2 is 2.00 bits per heavy atom. The van der Waals surface area contributed by atoms with Crippen molar-refractivity contribution < 1.29 is 11.6 Å². The van der Waals surface area contributed by atoms with Crippen molar-refractivity contribution in [2.75, 3.05) is 0 Å². The van der Waals surface area contributed by atoms with E-state index in [-0.39, 0.29) is 12.1 Å². The van der Waals surface area contributed by atoms with Crippen molar-refractivity contribution in [3.8, 4) is 0 Å². The van der Waals surface area contributed by atoms with Crippen molar-refractivity contribution in [2.24, 2.45) is 5.92 Å². The number of nitrogens with one attached hydrogen (secondary N) is 1. The quantitative estimate of drug-likeness (QED) is 0.574. The maximum Gasteiger partial charge on any atom is 0.165 e. The summed E-state index contributed by atoms with van der Waals surface area (Å²) >= 11 is 1.66. The van der Waals surface area contributed by atoms with Crippen LogP contribution in [0.15, 0.2) is 11.4 Å². The number of imidazole rings is 1. The highest BCUT2D eigenvalue weighted by molar-refractivity contribution is 8.00. The first-order chi connectivity index (χ1) is 7.58. The van der Waals surface area contributed by atoms with Gasteiger partial charge in [-0.25, -0.2) is 4.98 Å². The van der Waals surface area contributed by atoms with Gasteiger partial charge in [-0.1, -0.05) is 39.5 Å². The predicted molar refractivity (Wildman–Crippen MR) is 72.0 cm³/mol. The van der Waals surface area contributed by atoms with Crippen LogP contribution in [0.1, 0.15) is 41.7 Å². The van der Waals surface area contributed by atoms with Gasteiger partial charge in [-0.15, -0.1) is 0 Å². The van der Waals surface area contributed by atoms with Crippen LogP contribution in [0.25, 0.3) is 0 Å². The topological polar surface area (TPSA) is 69.1 Å². The summed E-state index contributed by atoms with van der Waals surface area (Å²) in [6, 6.07) is 0. The predicted octanol–water partition coefficient (Wildman–Crippen LogP) is 2.43. The van der Waals surface area contributed by atoms with E-state index in [2.05, 4.69) is 30.7 Å². The zero-order chi connectivity index (χ0) is 13.3. The Bertz CT molecular complexity index is 369. The third kappa shape index (κ3) is 5.10. The molecule has 0 bridgehead atoms. The summed E-state index contributed by atoms with van der Waals surface area (Å²) in [5.41, 5.74) is 0.929. The molecule has 1 rings (SSSR count). The summed E-state index contributed by atoms with van der Waals surface area (Å²) < 4.78 is 0.114. The van der Waals surface area contributed by atoms with Crippen LogP contribution in [0.5, 0.6) is 0 Å². The second-order valence-corrected chi connectivity index (χ2v) is 7.44. The minimum Gasteiger partial charge on any atom is -0.366 e. The van der Waals surface area contributed by atoms with E-state index in [0.29, 0.717) is 6.42 Å². The van der Waals surface area contributed by atoms with Gasteiger partial charge in [0.15, 0.2) is 10.9 Å². The third-order valence-electron chi connectivity index (χ3n) is 2.47. The summed E-state index contributed by atoms with van der Waals surface area (Å²) in [6.45, 7) is 9.58. The number of H-pyrrole nitrogens is 1.